The highest BCUT2D eigenvalue weighted by Gasteiger charge is 2.02. The van der Waals surface area contributed by atoms with E-state index in [1.165, 1.54) is 4.70 Å². The zero-order chi connectivity index (χ0) is 12.2. The third kappa shape index (κ3) is 2.55. The average Bonchev–Trinajstić information content (AvgIpc) is 2.82. The molecule has 3 nitrogen and oxygen atoms in total. The van der Waals surface area contributed by atoms with Gasteiger partial charge in [-0.3, -0.25) is 4.98 Å². The Labute approximate surface area is 110 Å². The summed E-state index contributed by atoms with van der Waals surface area (Å²) in [5, 5.41) is 4.48. The fraction of sp³-hybridized carbons (Fsp3) is 0.143. The van der Waals surface area contributed by atoms with Gasteiger partial charge in [0.2, 0.25) is 0 Å². The number of para-hydroxylation sites is 1. The van der Waals surface area contributed by atoms with Gasteiger partial charge in [0.15, 0.2) is 0 Å². The van der Waals surface area contributed by atoms with Crippen LogP contribution in [0.25, 0.3) is 10.2 Å². The van der Waals surface area contributed by atoms with Crippen LogP contribution in [0.2, 0.25) is 0 Å². The van der Waals surface area contributed by atoms with Crippen molar-refractivity contribution in [3.63, 3.8) is 0 Å². The van der Waals surface area contributed by atoms with Gasteiger partial charge in [-0.2, -0.15) is 0 Å². The van der Waals surface area contributed by atoms with E-state index in [9.17, 15) is 0 Å². The van der Waals surface area contributed by atoms with Gasteiger partial charge in [0.1, 0.15) is 5.01 Å². The quantitative estimate of drug-likeness (QED) is 0.779. The standard InChI is InChI=1S/C14H13N3S/c1-2-7-13-12(6-1)17-14(18-13)10-15-9-11-5-3-4-8-16-11/h1-8,15H,9-10H2. The van der Waals surface area contributed by atoms with E-state index in [1.807, 2.05) is 42.6 Å². The molecule has 2 aromatic heterocycles. The number of benzene rings is 1. The van der Waals surface area contributed by atoms with Crippen LogP contribution >= 0.6 is 11.3 Å². The first kappa shape index (κ1) is 11.3. The van der Waals surface area contributed by atoms with Crippen molar-refractivity contribution >= 4 is 21.6 Å². The van der Waals surface area contributed by atoms with E-state index in [0.29, 0.717) is 0 Å². The molecule has 1 N–H and O–H groups in total. The summed E-state index contributed by atoms with van der Waals surface area (Å²) in [5.74, 6) is 0. The molecule has 0 atom stereocenters. The largest absolute Gasteiger partial charge is 0.305 e. The van der Waals surface area contributed by atoms with E-state index < -0.39 is 0 Å². The molecule has 0 aliphatic carbocycles. The van der Waals surface area contributed by atoms with Gasteiger partial charge >= 0.3 is 0 Å². The van der Waals surface area contributed by atoms with E-state index in [2.05, 4.69) is 21.4 Å². The second-order valence-corrected chi connectivity index (χ2v) is 5.12. The molecule has 0 bridgehead atoms. The van der Waals surface area contributed by atoms with Crippen molar-refractivity contribution in [2.75, 3.05) is 0 Å². The van der Waals surface area contributed by atoms with E-state index in [1.54, 1.807) is 11.3 Å². The molecule has 0 radical (unpaired) electrons. The lowest BCUT2D eigenvalue weighted by molar-refractivity contribution is 0.677. The summed E-state index contributed by atoms with van der Waals surface area (Å²) >= 11 is 1.74. The molecule has 0 spiro atoms. The van der Waals surface area contributed by atoms with Crippen molar-refractivity contribution in [3.8, 4) is 0 Å². The number of hydrogen-bond donors (Lipinski definition) is 1. The van der Waals surface area contributed by atoms with Gasteiger partial charge in [-0.25, -0.2) is 4.98 Å². The number of thiazole rings is 1. The fourth-order valence-corrected chi connectivity index (χ4v) is 2.73. The smallest absolute Gasteiger partial charge is 0.108 e. The maximum Gasteiger partial charge on any atom is 0.108 e. The minimum Gasteiger partial charge on any atom is -0.305 e. The molecule has 4 heteroatoms. The Hall–Kier alpha value is -1.78. The molecule has 0 unspecified atom stereocenters. The molecule has 0 saturated carbocycles. The number of aromatic nitrogens is 2. The number of nitrogens with zero attached hydrogens (tertiary/aromatic N) is 2. The van der Waals surface area contributed by atoms with Crippen molar-refractivity contribution in [1.29, 1.82) is 0 Å². The second kappa shape index (κ2) is 5.25. The van der Waals surface area contributed by atoms with E-state index in [4.69, 9.17) is 0 Å². The van der Waals surface area contributed by atoms with Gasteiger partial charge in [-0.1, -0.05) is 18.2 Å². The lowest BCUT2D eigenvalue weighted by Crippen LogP contribution is -2.13. The van der Waals surface area contributed by atoms with Crippen LogP contribution in [-0.2, 0) is 13.1 Å². The summed E-state index contributed by atoms with van der Waals surface area (Å²) < 4.78 is 1.24. The normalized spacial score (nSPS) is 10.9. The first-order chi connectivity index (χ1) is 8.92. The molecule has 0 saturated heterocycles. The first-order valence-electron chi connectivity index (χ1n) is 5.87. The van der Waals surface area contributed by atoms with E-state index >= 15 is 0 Å². The Morgan fingerprint density at radius 2 is 1.89 bits per heavy atom. The zero-order valence-corrected chi connectivity index (χ0v) is 10.7. The number of rotatable bonds is 4. The van der Waals surface area contributed by atoms with Crippen LogP contribution in [0, 0.1) is 0 Å². The van der Waals surface area contributed by atoms with Gasteiger partial charge in [0.25, 0.3) is 0 Å². The molecule has 0 aliphatic heterocycles. The Kier molecular flexibility index (Phi) is 3.30. The minimum absolute atomic E-state index is 0.775. The average molecular weight is 255 g/mol. The van der Waals surface area contributed by atoms with Gasteiger partial charge in [0, 0.05) is 19.3 Å². The monoisotopic (exact) mass is 255 g/mol. The zero-order valence-electron chi connectivity index (χ0n) is 9.84. The predicted octanol–water partition coefficient (Wildman–Crippen LogP) is 2.98. The SMILES string of the molecule is c1ccc(CNCc2nc3ccccc3s2)nc1. The summed E-state index contributed by atoms with van der Waals surface area (Å²) in [6, 6.07) is 14.2. The number of hydrogen-bond acceptors (Lipinski definition) is 4. The Morgan fingerprint density at radius 3 is 2.72 bits per heavy atom. The molecule has 90 valence electrons. The van der Waals surface area contributed by atoms with Crippen molar-refractivity contribution in [3.05, 3.63) is 59.4 Å². The van der Waals surface area contributed by atoms with Crippen molar-refractivity contribution in [2.24, 2.45) is 0 Å². The van der Waals surface area contributed by atoms with Crippen molar-refractivity contribution < 1.29 is 0 Å². The number of pyridine rings is 1. The van der Waals surface area contributed by atoms with Crippen LogP contribution in [-0.4, -0.2) is 9.97 Å². The highest BCUT2D eigenvalue weighted by Crippen LogP contribution is 2.21. The lowest BCUT2D eigenvalue weighted by Gasteiger charge is -2.00. The molecule has 0 fully saturated rings. The van der Waals surface area contributed by atoms with Gasteiger partial charge < -0.3 is 5.32 Å². The summed E-state index contributed by atoms with van der Waals surface area (Å²) in [4.78, 5) is 8.85. The predicted molar refractivity (Wildman–Crippen MR) is 74.4 cm³/mol. The minimum atomic E-state index is 0.775. The second-order valence-electron chi connectivity index (χ2n) is 4.00. The van der Waals surface area contributed by atoms with Gasteiger partial charge in [0.05, 0.1) is 15.9 Å². The number of nitrogens with one attached hydrogen (secondary N) is 1. The highest BCUT2D eigenvalue weighted by atomic mass is 32.1. The number of fused-ring (bicyclic) bond motifs is 1. The van der Waals surface area contributed by atoms with E-state index in [0.717, 1.165) is 29.3 Å². The first-order valence-corrected chi connectivity index (χ1v) is 6.68. The molecule has 0 aliphatic rings. The Balaban J connectivity index is 1.63. The summed E-state index contributed by atoms with van der Waals surface area (Å²) in [5.41, 5.74) is 2.13. The van der Waals surface area contributed by atoms with Gasteiger partial charge in [-0.15, -0.1) is 11.3 Å². The summed E-state index contributed by atoms with van der Waals surface area (Å²) in [6.45, 7) is 1.56. The van der Waals surface area contributed by atoms with Crippen LogP contribution in [0.3, 0.4) is 0 Å². The molecular weight excluding hydrogens is 242 g/mol. The summed E-state index contributed by atoms with van der Waals surface area (Å²) in [6.07, 6.45) is 1.81. The molecule has 2 heterocycles. The lowest BCUT2D eigenvalue weighted by atomic mass is 10.3. The third-order valence-corrected chi connectivity index (χ3v) is 3.68. The molecule has 3 aromatic rings. The molecular formula is C14H13N3S. The molecule has 18 heavy (non-hydrogen) atoms. The van der Waals surface area contributed by atoms with Crippen LogP contribution in [0.15, 0.2) is 48.7 Å². The molecule has 0 amide bonds. The Morgan fingerprint density at radius 1 is 1.00 bits per heavy atom. The Bertz CT molecular complexity index is 601. The van der Waals surface area contributed by atoms with Gasteiger partial charge in [-0.05, 0) is 24.3 Å². The highest BCUT2D eigenvalue weighted by molar-refractivity contribution is 7.18. The van der Waals surface area contributed by atoms with Crippen LogP contribution in [0.4, 0.5) is 0 Å². The third-order valence-electron chi connectivity index (χ3n) is 2.65. The molecule has 3 rings (SSSR count). The topological polar surface area (TPSA) is 37.8 Å². The van der Waals surface area contributed by atoms with Crippen molar-refractivity contribution in [1.82, 2.24) is 15.3 Å². The summed E-state index contributed by atoms with van der Waals surface area (Å²) in [7, 11) is 0. The van der Waals surface area contributed by atoms with Crippen LogP contribution < -0.4 is 5.32 Å². The fourth-order valence-electron chi connectivity index (χ4n) is 1.80. The van der Waals surface area contributed by atoms with Crippen LogP contribution in [0.1, 0.15) is 10.7 Å². The van der Waals surface area contributed by atoms with Crippen molar-refractivity contribution in [2.45, 2.75) is 13.1 Å². The maximum absolute atomic E-state index is 4.58. The van der Waals surface area contributed by atoms with Crippen LogP contribution in [0.5, 0.6) is 0 Å². The maximum atomic E-state index is 4.58. The molecule has 1 aromatic carbocycles. The van der Waals surface area contributed by atoms with E-state index in [-0.39, 0.29) is 0 Å².